The van der Waals surface area contributed by atoms with Crippen LogP contribution in [0.2, 0.25) is 5.02 Å². The normalized spacial score (nSPS) is 12.9. The summed E-state index contributed by atoms with van der Waals surface area (Å²) in [7, 11) is 0. The molecule has 2 heterocycles. The van der Waals surface area contributed by atoms with E-state index in [2.05, 4.69) is 24.0 Å². The van der Waals surface area contributed by atoms with E-state index < -0.39 is 5.97 Å². The number of esters is 1. The van der Waals surface area contributed by atoms with E-state index in [-0.39, 0.29) is 13.4 Å². The second-order valence-corrected chi connectivity index (χ2v) is 7.62. The SMILES string of the molecule is CCc1ccc(-c2nc(C(=O)OCc3cc(Cl)cc4c3OCOC4)cs2)cc1. The van der Waals surface area contributed by atoms with Crippen molar-refractivity contribution in [3.8, 4) is 16.3 Å². The van der Waals surface area contributed by atoms with Crippen molar-refractivity contribution < 1.29 is 19.0 Å². The van der Waals surface area contributed by atoms with Crippen molar-refractivity contribution in [3.63, 3.8) is 0 Å². The Balaban J connectivity index is 1.46. The van der Waals surface area contributed by atoms with Gasteiger partial charge in [-0.3, -0.25) is 0 Å². The minimum Gasteiger partial charge on any atom is -0.467 e. The maximum Gasteiger partial charge on any atom is 0.358 e. The molecule has 0 saturated heterocycles. The van der Waals surface area contributed by atoms with Crippen molar-refractivity contribution in [1.82, 2.24) is 4.98 Å². The number of halogens is 1. The van der Waals surface area contributed by atoms with Crippen LogP contribution in [0.25, 0.3) is 10.6 Å². The van der Waals surface area contributed by atoms with Crippen LogP contribution >= 0.6 is 22.9 Å². The number of hydrogen-bond donors (Lipinski definition) is 0. The Morgan fingerprint density at radius 3 is 2.89 bits per heavy atom. The molecule has 0 unspecified atom stereocenters. The molecule has 2 aromatic carbocycles. The zero-order chi connectivity index (χ0) is 19.5. The molecule has 4 rings (SSSR count). The lowest BCUT2D eigenvalue weighted by Crippen LogP contribution is -2.14. The molecule has 3 aromatic rings. The molecule has 144 valence electrons. The Morgan fingerprint density at radius 1 is 1.29 bits per heavy atom. The van der Waals surface area contributed by atoms with E-state index in [9.17, 15) is 4.79 Å². The van der Waals surface area contributed by atoms with Gasteiger partial charge in [-0.05, 0) is 24.1 Å². The van der Waals surface area contributed by atoms with Gasteiger partial charge in [0.05, 0.1) is 6.61 Å². The highest BCUT2D eigenvalue weighted by Gasteiger charge is 2.19. The van der Waals surface area contributed by atoms with Crippen LogP contribution in [-0.4, -0.2) is 17.7 Å². The third kappa shape index (κ3) is 4.04. The lowest BCUT2D eigenvalue weighted by Gasteiger charge is -2.20. The average Bonchev–Trinajstić information content (AvgIpc) is 3.22. The van der Waals surface area contributed by atoms with Gasteiger partial charge in [-0.2, -0.15) is 0 Å². The van der Waals surface area contributed by atoms with E-state index in [1.807, 2.05) is 12.1 Å². The molecule has 0 atom stereocenters. The maximum absolute atomic E-state index is 12.4. The van der Waals surface area contributed by atoms with E-state index in [4.69, 9.17) is 25.8 Å². The van der Waals surface area contributed by atoms with E-state index in [0.717, 1.165) is 22.6 Å². The largest absolute Gasteiger partial charge is 0.467 e. The van der Waals surface area contributed by atoms with Crippen LogP contribution in [0.5, 0.6) is 5.75 Å². The van der Waals surface area contributed by atoms with Gasteiger partial charge in [0, 0.05) is 27.1 Å². The summed E-state index contributed by atoms with van der Waals surface area (Å²) >= 11 is 7.56. The Kier molecular flexibility index (Phi) is 5.62. The molecule has 1 aliphatic heterocycles. The van der Waals surface area contributed by atoms with Gasteiger partial charge < -0.3 is 14.2 Å². The Hall–Kier alpha value is -2.41. The van der Waals surface area contributed by atoms with E-state index in [0.29, 0.717) is 28.6 Å². The average molecular weight is 416 g/mol. The molecule has 0 aliphatic carbocycles. The number of ether oxygens (including phenoxy) is 3. The molecule has 5 nitrogen and oxygen atoms in total. The van der Waals surface area contributed by atoms with Crippen molar-refractivity contribution in [2.24, 2.45) is 0 Å². The number of hydrogen-bond acceptors (Lipinski definition) is 6. The summed E-state index contributed by atoms with van der Waals surface area (Å²) in [5, 5.41) is 3.05. The molecule has 0 saturated carbocycles. The summed E-state index contributed by atoms with van der Waals surface area (Å²) in [6.07, 6.45) is 0.985. The van der Waals surface area contributed by atoms with Crippen LogP contribution in [0.4, 0.5) is 0 Å². The number of aryl methyl sites for hydroxylation is 1. The molecule has 1 aliphatic rings. The molecule has 0 amide bonds. The topological polar surface area (TPSA) is 57.7 Å². The zero-order valence-corrected chi connectivity index (χ0v) is 16.8. The smallest absolute Gasteiger partial charge is 0.358 e. The fraction of sp³-hybridized carbons (Fsp3) is 0.238. The number of benzene rings is 2. The van der Waals surface area contributed by atoms with Crippen molar-refractivity contribution in [2.45, 2.75) is 26.6 Å². The second kappa shape index (κ2) is 8.31. The first-order chi connectivity index (χ1) is 13.6. The molecule has 0 spiro atoms. The fourth-order valence-electron chi connectivity index (χ4n) is 2.96. The number of aromatic nitrogens is 1. The minimum absolute atomic E-state index is 0.0553. The first kappa shape index (κ1) is 18.9. The van der Waals surface area contributed by atoms with Crippen LogP contribution in [0.3, 0.4) is 0 Å². The van der Waals surface area contributed by atoms with Gasteiger partial charge >= 0.3 is 5.97 Å². The van der Waals surface area contributed by atoms with Gasteiger partial charge in [0.1, 0.15) is 17.4 Å². The van der Waals surface area contributed by atoms with Crippen LogP contribution in [0.15, 0.2) is 41.8 Å². The molecular weight excluding hydrogens is 398 g/mol. The molecule has 0 bridgehead atoms. The minimum atomic E-state index is -0.478. The van der Waals surface area contributed by atoms with Gasteiger partial charge in [-0.1, -0.05) is 42.8 Å². The molecule has 28 heavy (non-hydrogen) atoms. The molecule has 0 N–H and O–H groups in total. The lowest BCUT2D eigenvalue weighted by atomic mass is 10.1. The number of carbonyl (C=O) groups is 1. The van der Waals surface area contributed by atoms with E-state index in [1.54, 1.807) is 17.5 Å². The number of carbonyl (C=O) groups excluding carboxylic acids is 1. The summed E-state index contributed by atoms with van der Waals surface area (Å²) in [6, 6.07) is 11.7. The molecule has 1 aromatic heterocycles. The quantitative estimate of drug-likeness (QED) is 0.532. The summed E-state index contributed by atoms with van der Waals surface area (Å²) in [6.45, 7) is 2.76. The van der Waals surface area contributed by atoms with Gasteiger partial charge in [-0.25, -0.2) is 9.78 Å². The maximum atomic E-state index is 12.4. The second-order valence-electron chi connectivity index (χ2n) is 6.33. The van der Waals surface area contributed by atoms with Crippen LogP contribution in [0.1, 0.15) is 34.1 Å². The predicted molar refractivity (Wildman–Crippen MR) is 108 cm³/mol. The molecule has 0 radical (unpaired) electrons. The van der Waals surface area contributed by atoms with E-state index >= 15 is 0 Å². The number of rotatable bonds is 5. The summed E-state index contributed by atoms with van der Waals surface area (Å²) < 4.78 is 16.3. The Bertz CT molecular complexity index is 1000. The van der Waals surface area contributed by atoms with Crippen LogP contribution < -0.4 is 4.74 Å². The van der Waals surface area contributed by atoms with Crippen molar-refractivity contribution in [3.05, 3.63) is 69.2 Å². The van der Waals surface area contributed by atoms with Gasteiger partial charge in [0.2, 0.25) is 0 Å². The predicted octanol–water partition coefficient (Wildman–Crippen LogP) is 5.25. The lowest BCUT2D eigenvalue weighted by molar-refractivity contribution is -0.0180. The number of thiazole rings is 1. The monoisotopic (exact) mass is 415 g/mol. The molecular formula is C21H18ClNO4S. The molecule has 7 heteroatoms. The fourth-order valence-corrected chi connectivity index (χ4v) is 4.02. The van der Waals surface area contributed by atoms with Crippen molar-refractivity contribution in [1.29, 1.82) is 0 Å². The highest BCUT2D eigenvalue weighted by atomic mass is 35.5. The number of fused-ring (bicyclic) bond motifs is 1. The third-order valence-electron chi connectivity index (χ3n) is 4.43. The van der Waals surface area contributed by atoms with E-state index in [1.165, 1.54) is 16.9 Å². The van der Waals surface area contributed by atoms with Crippen LogP contribution in [0, 0.1) is 0 Å². The number of nitrogens with zero attached hydrogens (tertiary/aromatic N) is 1. The van der Waals surface area contributed by atoms with Crippen LogP contribution in [-0.2, 0) is 29.1 Å². The Morgan fingerprint density at radius 2 is 2.11 bits per heavy atom. The highest BCUT2D eigenvalue weighted by molar-refractivity contribution is 7.13. The first-order valence-electron chi connectivity index (χ1n) is 8.88. The summed E-state index contributed by atoms with van der Waals surface area (Å²) in [5.41, 5.74) is 4.09. The van der Waals surface area contributed by atoms with Gasteiger partial charge in [0.25, 0.3) is 0 Å². The summed E-state index contributed by atoms with van der Waals surface area (Å²) in [4.78, 5) is 16.9. The van der Waals surface area contributed by atoms with Crippen molar-refractivity contribution in [2.75, 3.05) is 6.79 Å². The summed E-state index contributed by atoms with van der Waals surface area (Å²) in [5.74, 6) is 0.187. The van der Waals surface area contributed by atoms with Gasteiger partial charge in [0.15, 0.2) is 12.5 Å². The first-order valence-corrected chi connectivity index (χ1v) is 10.1. The van der Waals surface area contributed by atoms with Crippen molar-refractivity contribution >= 4 is 28.9 Å². The third-order valence-corrected chi connectivity index (χ3v) is 5.54. The zero-order valence-electron chi connectivity index (χ0n) is 15.2. The highest BCUT2D eigenvalue weighted by Crippen LogP contribution is 2.32. The Labute approximate surface area is 171 Å². The molecule has 0 fully saturated rings. The van der Waals surface area contributed by atoms with Gasteiger partial charge in [-0.15, -0.1) is 11.3 Å². The standard InChI is InChI=1S/C21H18ClNO4S/c1-2-13-3-5-14(6-4-13)20-23-18(11-28-20)21(24)26-10-16-8-17(22)7-15-9-25-12-27-19(15)16/h3-8,11H,2,9-10,12H2,1H3.